The van der Waals surface area contributed by atoms with E-state index < -0.39 is 11.9 Å². The molecule has 2 heterocycles. The van der Waals surface area contributed by atoms with Crippen molar-refractivity contribution < 1.29 is 18.7 Å². The van der Waals surface area contributed by atoms with Crippen LogP contribution in [0.4, 0.5) is 5.00 Å². The lowest BCUT2D eigenvalue weighted by molar-refractivity contribution is 0.0528. The van der Waals surface area contributed by atoms with E-state index in [9.17, 15) is 9.59 Å². The monoisotopic (exact) mass is 279 g/mol. The highest BCUT2D eigenvalue weighted by molar-refractivity contribution is 7.16. The molecule has 1 amide bonds. The first-order chi connectivity index (χ1) is 9.11. The average Bonchev–Trinajstić information content (AvgIpc) is 2.98. The molecule has 2 aromatic heterocycles. The van der Waals surface area contributed by atoms with E-state index in [1.165, 1.54) is 17.6 Å². The van der Waals surface area contributed by atoms with Gasteiger partial charge >= 0.3 is 5.97 Å². The summed E-state index contributed by atoms with van der Waals surface area (Å²) in [6.45, 7) is 3.88. The van der Waals surface area contributed by atoms with Gasteiger partial charge in [0.2, 0.25) is 0 Å². The molecule has 19 heavy (non-hydrogen) atoms. The standard InChI is InChI=1S/C13H13NO4S/c1-3-17-13(16)9-7-8(2)19-12(9)14-11(15)10-5-4-6-18-10/h4-7H,3H2,1-2H3,(H,14,15). The second-order valence-electron chi connectivity index (χ2n) is 3.75. The van der Waals surface area contributed by atoms with E-state index in [0.29, 0.717) is 17.2 Å². The van der Waals surface area contributed by atoms with Crippen molar-refractivity contribution in [1.29, 1.82) is 0 Å². The number of carbonyl (C=O) groups excluding carboxylic acids is 2. The Balaban J connectivity index is 2.20. The van der Waals surface area contributed by atoms with E-state index in [0.717, 1.165) is 4.88 Å². The molecule has 0 saturated carbocycles. The number of amides is 1. The zero-order chi connectivity index (χ0) is 13.8. The first kappa shape index (κ1) is 13.4. The van der Waals surface area contributed by atoms with Crippen LogP contribution in [-0.4, -0.2) is 18.5 Å². The lowest BCUT2D eigenvalue weighted by atomic mass is 10.3. The summed E-state index contributed by atoms with van der Waals surface area (Å²) < 4.78 is 9.95. The molecule has 2 aromatic rings. The quantitative estimate of drug-likeness (QED) is 0.873. The van der Waals surface area contributed by atoms with Crippen LogP contribution < -0.4 is 5.32 Å². The molecule has 5 nitrogen and oxygen atoms in total. The number of hydrogen-bond acceptors (Lipinski definition) is 5. The third-order valence-electron chi connectivity index (χ3n) is 2.32. The molecular formula is C13H13NO4S. The Morgan fingerprint density at radius 3 is 2.89 bits per heavy atom. The first-order valence-corrected chi connectivity index (χ1v) is 6.56. The fraction of sp³-hybridized carbons (Fsp3) is 0.231. The van der Waals surface area contributed by atoms with Gasteiger partial charge in [-0.3, -0.25) is 4.79 Å². The van der Waals surface area contributed by atoms with Crippen molar-refractivity contribution in [2.24, 2.45) is 0 Å². The summed E-state index contributed by atoms with van der Waals surface area (Å²) in [6, 6.07) is 4.88. The molecule has 2 rings (SSSR count). The minimum absolute atomic E-state index is 0.195. The van der Waals surface area contributed by atoms with Crippen molar-refractivity contribution in [3.63, 3.8) is 0 Å². The third kappa shape index (κ3) is 3.03. The van der Waals surface area contributed by atoms with Gasteiger partial charge in [0.15, 0.2) is 5.76 Å². The molecule has 0 fully saturated rings. The van der Waals surface area contributed by atoms with E-state index in [4.69, 9.17) is 9.15 Å². The molecule has 0 atom stereocenters. The van der Waals surface area contributed by atoms with E-state index >= 15 is 0 Å². The minimum atomic E-state index is -0.443. The molecule has 0 radical (unpaired) electrons. The third-order valence-corrected chi connectivity index (χ3v) is 3.29. The lowest BCUT2D eigenvalue weighted by Gasteiger charge is -2.04. The zero-order valence-corrected chi connectivity index (χ0v) is 11.4. The molecule has 1 N–H and O–H groups in total. The van der Waals surface area contributed by atoms with Gasteiger partial charge in [-0.15, -0.1) is 11.3 Å². The van der Waals surface area contributed by atoms with Gasteiger partial charge in [0.25, 0.3) is 5.91 Å². The molecule has 6 heteroatoms. The van der Waals surface area contributed by atoms with Crippen LogP contribution >= 0.6 is 11.3 Å². The van der Waals surface area contributed by atoms with Crippen LogP contribution in [0.1, 0.15) is 32.7 Å². The highest BCUT2D eigenvalue weighted by atomic mass is 32.1. The fourth-order valence-corrected chi connectivity index (χ4v) is 2.43. The van der Waals surface area contributed by atoms with Crippen molar-refractivity contribution in [3.05, 3.63) is 40.7 Å². The average molecular weight is 279 g/mol. The highest BCUT2D eigenvalue weighted by Gasteiger charge is 2.19. The van der Waals surface area contributed by atoms with Gasteiger partial charge in [-0.1, -0.05) is 0 Å². The molecule has 0 aliphatic heterocycles. The number of carbonyl (C=O) groups is 2. The van der Waals surface area contributed by atoms with Crippen molar-refractivity contribution in [1.82, 2.24) is 0 Å². The van der Waals surface area contributed by atoms with Gasteiger partial charge in [0.05, 0.1) is 18.4 Å². The van der Waals surface area contributed by atoms with Gasteiger partial charge in [0.1, 0.15) is 5.00 Å². The number of thiophene rings is 1. The summed E-state index contributed by atoms with van der Waals surface area (Å²) in [4.78, 5) is 24.5. The smallest absolute Gasteiger partial charge is 0.341 e. The van der Waals surface area contributed by atoms with Gasteiger partial charge in [0, 0.05) is 4.88 Å². The number of aryl methyl sites for hydroxylation is 1. The molecule has 0 unspecified atom stereocenters. The molecule has 0 saturated heterocycles. The van der Waals surface area contributed by atoms with Gasteiger partial charge in [-0.25, -0.2) is 4.79 Å². The van der Waals surface area contributed by atoms with Gasteiger partial charge in [-0.2, -0.15) is 0 Å². The molecule has 100 valence electrons. The summed E-state index contributed by atoms with van der Waals surface area (Å²) in [7, 11) is 0. The van der Waals surface area contributed by atoms with Crippen molar-refractivity contribution >= 4 is 28.2 Å². The summed E-state index contributed by atoms with van der Waals surface area (Å²) in [5, 5.41) is 3.13. The Hall–Kier alpha value is -2.08. The Morgan fingerprint density at radius 2 is 2.26 bits per heavy atom. The van der Waals surface area contributed by atoms with E-state index in [2.05, 4.69) is 5.32 Å². The van der Waals surface area contributed by atoms with Crippen LogP contribution in [0.2, 0.25) is 0 Å². The molecule has 0 aliphatic rings. The summed E-state index contributed by atoms with van der Waals surface area (Å²) >= 11 is 1.32. The van der Waals surface area contributed by atoms with Gasteiger partial charge < -0.3 is 14.5 Å². The number of rotatable bonds is 4. The highest BCUT2D eigenvalue weighted by Crippen LogP contribution is 2.28. The normalized spacial score (nSPS) is 10.2. The largest absolute Gasteiger partial charge is 0.462 e. The number of furan rings is 1. The maximum atomic E-state index is 11.9. The van der Waals surface area contributed by atoms with Crippen LogP contribution in [0.25, 0.3) is 0 Å². The second kappa shape index (κ2) is 5.71. The van der Waals surface area contributed by atoms with Crippen LogP contribution in [0.3, 0.4) is 0 Å². The first-order valence-electron chi connectivity index (χ1n) is 5.74. The Kier molecular flexibility index (Phi) is 4.01. The summed E-state index contributed by atoms with van der Waals surface area (Å²) in [6.07, 6.45) is 1.42. The Labute approximate surface area is 114 Å². The van der Waals surface area contributed by atoms with Crippen LogP contribution in [0.5, 0.6) is 0 Å². The van der Waals surface area contributed by atoms with E-state index in [-0.39, 0.29) is 5.76 Å². The van der Waals surface area contributed by atoms with Crippen LogP contribution in [0.15, 0.2) is 28.9 Å². The maximum Gasteiger partial charge on any atom is 0.341 e. The van der Waals surface area contributed by atoms with Crippen molar-refractivity contribution in [2.45, 2.75) is 13.8 Å². The Bertz CT molecular complexity index is 586. The number of hydrogen-bond donors (Lipinski definition) is 1. The SMILES string of the molecule is CCOC(=O)c1cc(C)sc1NC(=O)c1ccco1. The van der Waals surface area contributed by atoms with Crippen LogP contribution in [-0.2, 0) is 4.74 Å². The summed E-state index contributed by atoms with van der Waals surface area (Å²) in [5.74, 6) is -0.639. The molecular weight excluding hydrogens is 266 g/mol. The fourth-order valence-electron chi connectivity index (χ4n) is 1.54. The maximum absolute atomic E-state index is 11.9. The predicted octanol–water partition coefficient (Wildman–Crippen LogP) is 3.08. The van der Waals surface area contributed by atoms with Crippen LogP contribution in [0, 0.1) is 6.92 Å². The molecule has 0 bridgehead atoms. The van der Waals surface area contributed by atoms with E-state index in [1.807, 2.05) is 6.92 Å². The van der Waals surface area contributed by atoms with E-state index in [1.54, 1.807) is 25.1 Å². The topological polar surface area (TPSA) is 68.5 Å². The lowest BCUT2D eigenvalue weighted by Crippen LogP contribution is -2.13. The number of esters is 1. The number of ether oxygens (including phenoxy) is 1. The molecule has 0 spiro atoms. The van der Waals surface area contributed by atoms with Gasteiger partial charge in [-0.05, 0) is 32.0 Å². The molecule has 0 aliphatic carbocycles. The predicted molar refractivity (Wildman–Crippen MR) is 71.7 cm³/mol. The summed E-state index contributed by atoms with van der Waals surface area (Å²) in [5.41, 5.74) is 0.365. The number of anilines is 1. The zero-order valence-electron chi connectivity index (χ0n) is 10.6. The Morgan fingerprint density at radius 1 is 1.47 bits per heavy atom. The second-order valence-corrected chi connectivity index (χ2v) is 5.01. The van der Waals surface area contributed by atoms with Crippen molar-refractivity contribution in [2.75, 3.05) is 11.9 Å². The number of nitrogens with one attached hydrogen (secondary N) is 1. The van der Waals surface area contributed by atoms with Crippen molar-refractivity contribution in [3.8, 4) is 0 Å². The minimum Gasteiger partial charge on any atom is -0.462 e. The molecule has 0 aromatic carbocycles.